The Morgan fingerprint density at radius 2 is 2.05 bits per heavy atom. The zero-order chi connectivity index (χ0) is 14.7. The van der Waals surface area contributed by atoms with Crippen LogP contribution in [0, 0.1) is 6.92 Å². The summed E-state index contributed by atoms with van der Waals surface area (Å²) in [4.78, 5) is 26.5. The van der Waals surface area contributed by atoms with Crippen LogP contribution in [-0.4, -0.2) is 31.7 Å². The molecule has 2 rings (SSSR count). The van der Waals surface area contributed by atoms with Crippen molar-refractivity contribution in [1.82, 2.24) is 20.1 Å². The third-order valence-corrected chi connectivity index (χ3v) is 2.98. The zero-order valence-corrected chi connectivity index (χ0v) is 11.1. The molecule has 0 bridgehead atoms. The lowest BCUT2D eigenvalue weighted by Gasteiger charge is -2.05. The molecule has 7 nitrogen and oxygen atoms in total. The molecule has 2 N–H and O–H groups in total. The van der Waals surface area contributed by atoms with Gasteiger partial charge in [-0.3, -0.25) is 9.48 Å². The van der Waals surface area contributed by atoms with Gasteiger partial charge in [0.15, 0.2) is 0 Å². The highest BCUT2D eigenvalue weighted by atomic mass is 16.4. The highest BCUT2D eigenvalue weighted by molar-refractivity contribution is 5.94. The van der Waals surface area contributed by atoms with Crippen LogP contribution in [0.3, 0.4) is 0 Å². The number of carbonyl (C=O) groups is 2. The average molecular weight is 274 g/mol. The van der Waals surface area contributed by atoms with Gasteiger partial charge in [-0.2, -0.15) is 5.10 Å². The summed E-state index contributed by atoms with van der Waals surface area (Å²) in [6.45, 7) is 2.22. The molecule has 104 valence electrons. The molecule has 7 heteroatoms. The quantitative estimate of drug-likeness (QED) is 0.857. The van der Waals surface area contributed by atoms with Gasteiger partial charge < -0.3 is 10.4 Å². The molecule has 0 aliphatic carbocycles. The summed E-state index contributed by atoms with van der Waals surface area (Å²) in [5.74, 6) is -1.58. The molecule has 0 spiro atoms. The van der Waals surface area contributed by atoms with Crippen molar-refractivity contribution in [2.45, 2.75) is 13.5 Å². The van der Waals surface area contributed by atoms with Crippen LogP contribution in [0.25, 0.3) is 0 Å². The van der Waals surface area contributed by atoms with Crippen molar-refractivity contribution in [3.8, 4) is 0 Å². The van der Waals surface area contributed by atoms with Gasteiger partial charge in [0.2, 0.25) is 0 Å². The molecule has 0 saturated heterocycles. The Labute approximate surface area is 115 Å². The van der Waals surface area contributed by atoms with Crippen molar-refractivity contribution in [2.75, 3.05) is 0 Å². The number of hydrogen-bond acceptors (Lipinski definition) is 4. The minimum absolute atomic E-state index is 0.0754. The lowest BCUT2D eigenvalue weighted by Crippen LogP contribution is -2.24. The Kier molecular flexibility index (Phi) is 3.79. The fraction of sp³-hybridized carbons (Fsp3) is 0.231. The van der Waals surface area contributed by atoms with E-state index in [1.54, 1.807) is 10.9 Å². The predicted molar refractivity (Wildman–Crippen MR) is 70.3 cm³/mol. The van der Waals surface area contributed by atoms with E-state index in [0.29, 0.717) is 6.54 Å². The number of rotatable bonds is 4. The first-order valence-corrected chi connectivity index (χ1v) is 5.95. The number of aryl methyl sites for hydroxylation is 1. The Morgan fingerprint density at radius 1 is 1.35 bits per heavy atom. The lowest BCUT2D eigenvalue weighted by atomic mass is 10.2. The van der Waals surface area contributed by atoms with E-state index in [4.69, 9.17) is 5.11 Å². The highest BCUT2D eigenvalue weighted by Gasteiger charge is 2.12. The summed E-state index contributed by atoms with van der Waals surface area (Å²) in [6, 6.07) is 4.29. The number of pyridine rings is 1. The molecule has 20 heavy (non-hydrogen) atoms. The van der Waals surface area contributed by atoms with E-state index in [1.165, 1.54) is 18.2 Å². The van der Waals surface area contributed by atoms with Gasteiger partial charge in [-0.1, -0.05) is 6.07 Å². The Bertz CT molecular complexity index is 663. The van der Waals surface area contributed by atoms with Gasteiger partial charge in [0, 0.05) is 24.8 Å². The van der Waals surface area contributed by atoms with Crippen LogP contribution in [0.2, 0.25) is 0 Å². The largest absolute Gasteiger partial charge is 0.477 e. The number of nitrogens with one attached hydrogen (secondary N) is 1. The van der Waals surface area contributed by atoms with E-state index in [-0.39, 0.29) is 11.4 Å². The predicted octanol–water partition coefficient (Wildman–Crippen LogP) is 0.752. The SMILES string of the molecule is Cc1c(CNC(=O)c2cccc(C(=O)O)n2)cnn1C. The maximum atomic E-state index is 11.9. The van der Waals surface area contributed by atoms with Gasteiger partial charge in [-0.15, -0.1) is 0 Å². The van der Waals surface area contributed by atoms with E-state index >= 15 is 0 Å². The third kappa shape index (κ3) is 2.82. The number of hydrogen-bond donors (Lipinski definition) is 2. The van der Waals surface area contributed by atoms with Gasteiger partial charge >= 0.3 is 5.97 Å². The van der Waals surface area contributed by atoms with E-state index in [9.17, 15) is 9.59 Å². The molecule has 0 fully saturated rings. The molecule has 0 atom stereocenters. The number of amides is 1. The molecule has 2 aromatic rings. The first-order chi connectivity index (χ1) is 9.49. The van der Waals surface area contributed by atoms with Crippen molar-refractivity contribution >= 4 is 11.9 Å². The normalized spacial score (nSPS) is 10.3. The molecule has 0 aromatic carbocycles. The first kappa shape index (κ1) is 13.7. The van der Waals surface area contributed by atoms with Crippen molar-refractivity contribution in [3.63, 3.8) is 0 Å². The Hall–Kier alpha value is -2.70. The number of aromatic carboxylic acids is 1. The molecule has 2 heterocycles. The van der Waals surface area contributed by atoms with Crippen molar-refractivity contribution in [3.05, 3.63) is 47.0 Å². The van der Waals surface area contributed by atoms with Crippen LogP contribution < -0.4 is 5.32 Å². The Morgan fingerprint density at radius 3 is 2.65 bits per heavy atom. The molecule has 0 radical (unpaired) electrons. The van der Waals surface area contributed by atoms with E-state index in [2.05, 4.69) is 15.4 Å². The van der Waals surface area contributed by atoms with Crippen LogP contribution in [0.15, 0.2) is 24.4 Å². The van der Waals surface area contributed by atoms with Crippen molar-refractivity contribution in [2.24, 2.45) is 7.05 Å². The number of carboxylic acids is 1. The number of carbonyl (C=O) groups excluding carboxylic acids is 1. The first-order valence-electron chi connectivity index (χ1n) is 5.95. The maximum absolute atomic E-state index is 11.9. The summed E-state index contributed by atoms with van der Waals surface area (Å²) < 4.78 is 1.71. The summed E-state index contributed by atoms with van der Waals surface area (Å²) in [5, 5.41) is 15.6. The summed E-state index contributed by atoms with van der Waals surface area (Å²) in [5.41, 5.74) is 1.77. The molecule has 0 unspecified atom stereocenters. The second-order valence-corrected chi connectivity index (χ2v) is 4.27. The maximum Gasteiger partial charge on any atom is 0.354 e. The summed E-state index contributed by atoms with van der Waals surface area (Å²) >= 11 is 0. The Balaban J connectivity index is 2.07. The highest BCUT2D eigenvalue weighted by Crippen LogP contribution is 2.06. The number of aromatic nitrogens is 3. The molecule has 2 aromatic heterocycles. The number of carboxylic acid groups (broad SMARTS) is 1. The fourth-order valence-corrected chi connectivity index (χ4v) is 1.66. The molecular weight excluding hydrogens is 260 g/mol. The number of nitrogens with zero attached hydrogens (tertiary/aromatic N) is 3. The van der Waals surface area contributed by atoms with E-state index in [1.807, 2.05) is 14.0 Å². The molecule has 0 aliphatic rings. The topological polar surface area (TPSA) is 97.1 Å². The van der Waals surface area contributed by atoms with Gasteiger partial charge in [0.1, 0.15) is 11.4 Å². The van der Waals surface area contributed by atoms with Gasteiger partial charge in [0.25, 0.3) is 5.91 Å². The smallest absolute Gasteiger partial charge is 0.354 e. The third-order valence-electron chi connectivity index (χ3n) is 2.98. The van der Waals surface area contributed by atoms with E-state index in [0.717, 1.165) is 11.3 Å². The lowest BCUT2D eigenvalue weighted by molar-refractivity contribution is 0.0690. The molecule has 1 amide bonds. The fourth-order valence-electron chi connectivity index (χ4n) is 1.66. The van der Waals surface area contributed by atoms with Gasteiger partial charge in [-0.05, 0) is 19.1 Å². The van der Waals surface area contributed by atoms with Gasteiger partial charge in [-0.25, -0.2) is 9.78 Å². The molecular formula is C13H14N4O3. The molecule has 0 aliphatic heterocycles. The minimum Gasteiger partial charge on any atom is -0.477 e. The van der Waals surface area contributed by atoms with Crippen LogP contribution in [0.1, 0.15) is 32.2 Å². The van der Waals surface area contributed by atoms with Gasteiger partial charge in [0.05, 0.1) is 6.20 Å². The monoisotopic (exact) mass is 274 g/mol. The zero-order valence-electron chi connectivity index (χ0n) is 11.1. The van der Waals surface area contributed by atoms with Crippen LogP contribution in [0.5, 0.6) is 0 Å². The van der Waals surface area contributed by atoms with Crippen LogP contribution >= 0.6 is 0 Å². The average Bonchev–Trinajstić information content (AvgIpc) is 2.76. The van der Waals surface area contributed by atoms with Crippen LogP contribution in [-0.2, 0) is 13.6 Å². The summed E-state index contributed by atoms with van der Waals surface area (Å²) in [7, 11) is 1.82. The second kappa shape index (κ2) is 5.52. The van der Waals surface area contributed by atoms with Crippen molar-refractivity contribution in [1.29, 1.82) is 0 Å². The standard InChI is InChI=1S/C13H14N4O3/c1-8-9(7-15-17(8)2)6-14-12(18)10-4-3-5-11(16-10)13(19)20/h3-5,7H,6H2,1-2H3,(H,14,18)(H,19,20). The van der Waals surface area contributed by atoms with E-state index < -0.39 is 11.9 Å². The second-order valence-electron chi connectivity index (χ2n) is 4.27. The summed E-state index contributed by atoms with van der Waals surface area (Å²) in [6.07, 6.45) is 1.68. The van der Waals surface area contributed by atoms with Crippen LogP contribution in [0.4, 0.5) is 0 Å². The molecule has 0 saturated carbocycles. The minimum atomic E-state index is -1.16. The van der Waals surface area contributed by atoms with Crippen molar-refractivity contribution < 1.29 is 14.7 Å².